The second-order valence-corrected chi connectivity index (χ2v) is 1.34. The summed E-state index contributed by atoms with van der Waals surface area (Å²) in [6.45, 7) is 0. The fourth-order valence-electron chi connectivity index (χ4n) is 0.313. The molecular formula is C6H7NOS. The van der Waals surface area contributed by atoms with Crippen molar-refractivity contribution < 1.29 is 5.11 Å². The number of aliphatic hydroxyl groups is 1. The summed E-state index contributed by atoms with van der Waals surface area (Å²) >= 11 is 3.82. The Kier molecular flexibility index (Phi) is 6.29. The summed E-state index contributed by atoms with van der Waals surface area (Å²) in [7, 11) is 0. The van der Waals surface area contributed by atoms with E-state index in [0.29, 0.717) is 5.55 Å². The van der Waals surface area contributed by atoms with Crippen molar-refractivity contribution in [3.8, 4) is 0 Å². The van der Waals surface area contributed by atoms with E-state index < -0.39 is 0 Å². The van der Waals surface area contributed by atoms with Gasteiger partial charge in [-0.1, -0.05) is 6.07 Å². The highest BCUT2D eigenvalue weighted by Crippen LogP contribution is 1.73. The van der Waals surface area contributed by atoms with Crippen LogP contribution in [-0.2, 0) is 0 Å². The van der Waals surface area contributed by atoms with E-state index in [1.807, 2.05) is 18.2 Å². The molecular weight excluding hydrogens is 134 g/mol. The highest BCUT2D eigenvalue weighted by Gasteiger charge is 1.58. The molecule has 0 unspecified atom stereocenters. The number of pyridine rings is 1. The molecule has 3 heteroatoms. The molecule has 0 aliphatic carbocycles. The highest BCUT2D eigenvalue weighted by molar-refractivity contribution is 7.78. The normalized spacial score (nSPS) is 6.67. The van der Waals surface area contributed by atoms with Crippen LogP contribution in [0.15, 0.2) is 30.6 Å². The van der Waals surface area contributed by atoms with Gasteiger partial charge in [0, 0.05) is 12.4 Å². The predicted molar refractivity (Wildman–Crippen MR) is 40.5 cm³/mol. The van der Waals surface area contributed by atoms with Crippen molar-refractivity contribution in [3.05, 3.63) is 30.6 Å². The summed E-state index contributed by atoms with van der Waals surface area (Å²) in [6, 6.07) is 5.72. The van der Waals surface area contributed by atoms with Gasteiger partial charge in [-0.2, -0.15) is 0 Å². The molecule has 9 heavy (non-hydrogen) atoms. The van der Waals surface area contributed by atoms with Gasteiger partial charge in [0.1, 0.15) is 5.55 Å². The molecule has 2 nitrogen and oxygen atoms in total. The number of rotatable bonds is 0. The smallest absolute Gasteiger partial charge is 0.142 e. The second-order valence-electron chi connectivity index (χ2n) is 1.13. The summed E-state index contributed by atoms with van der Waals surface area (Å²) in [5, 5.41) is 7.26. The van der Waals surface area contributed by atoms with Crippen molar-refractivity contribution in [1.82, 2.24) is 4.98 Å². The monoisotopic (exact) mass is 141 g/mol. The van der Waals surface area contributed by atoms with Crippen molar-refractivity contribution in [1.29, 1.82) is 0 Å². The lowest BCUT2D eigenvalue weighted by atomic mass is 10.5. The van der Waals surface area contributed by atoms with Crippen LogP contribution in [0.5, 0.6) is 0 Å². The summed E-state index contributed by atoms with van der Waals surface area (Å²) in [5.41, 5.74) is 0.583. The minimum Gasteiger partial charge on any atom is -0.504 e. The van der Waals surface area contributed by atoms with Crippen molar-refractivity contribution in [2.75, 3.05) is 0 Å². The molecule has 0 saturated heterocycles. The Balaban J connectivity index is 0.000000187. The van der Waals surface area contributed by atoms with E-state index in [4.69, 9.17) is 5.11 Å². The largest absolute Gasteiger partial charge is 0.504 e. The number of aliphatic hydroxyl groups excluding tert-OH is 1. The SMILES string of the molecule is OC=S.c1ccncc1. The predicted octanol–water partition coefficient (Wildman–Crippen LogP) is 1.58. The number of thiocarbonyl (C=S) groups is 1. The minimum absolute atomic E-state index is 0.583. The Morgan fingerprint density at radius 2 is 1.67 bits per heavy atom. The van der Waals surface area contributed by atoms with Crippen LogP contribution in [0.2, 0.25) is 0 Å². The molecule has 48 valence electrons. The van der Waals surface area contributed by atoms with E-state index in [2.05, 4.69) is 17.2 Å². The Morgan fingerprint density at radius 3 is 1.78 bits per heavy atom. The first kappa shape index (κ1) is 8.04. The van der Waals surface area contributed by atoms with Crippen LogP contribution < -0.4 is 0 Å². The van der Waals surface area contributed by atoms with Gasteiger partial charge in [-0.05, 0) is 24.4 Å². The lowest BCUT2D eigenvalue weighted by Crippen LogP contribution is -1.58. The van der Waals surface area contributed by atoms with Crippen LogP contribution in [0, 0.1) is 0 Å². The molecule has 1 aromatic rings. The molecule has 1 heterocycles. The summed E-state index contributed by atoms with van der Waals surface area (Å²) in [4.78, 5) is 3.78. The lowest BCUT2D eigenvalue weighted by Gasteiger charge is -1.70. The van der Waals surface area contributed by atoms with Crippen LogP contribution in [0.3, 0.4) is 0 Å². The maximum absolute atomic E-state index is 7.26. The van der Waals surface area contributed by atoms with Gasteiger partial charge < -0.3 is 5.11 Å². The Hall–Kier alpha value is -0.960. The zero-order valence-corrected chi connectivity index (χ0v) is 5.58. The maximum Gasteiger partial charge on any atom is 0.142 e. The highest BCUT2D eigenvalue weighted by atomic mass is 32.1. The van der Waals surface area contributed by atoms with Gasteiger partial charge in [-0.25, -0.2) is 0 Å². The fourth-order valence-corrected chi connectivity index (χ4v) is 0.313. The number of aromatic nitrogens is 1. The topological polar surface area (TPSA) is 33.1 Å². The van der Waals surface area contributed by atoms with Gasteiger partial charge in [0.15, 0.2) is 0 Å². The van der Waals surface area contributed by atoms with Gasteiger partial charge in [-0.15, -0.1) is 0 Å². The molecule has 0 spiro atoms. The van der Waals surface area contributed by atoms with Gasteiger partial charge in [-0.3, -0.25) is 4.98 Å². The Bertz CT molecular complexity index is 116. The standard InChI is InChI=1S/C5H5N.CH2OS/c1-2-4-6-5-3-1;2-1-3/h1-5H;1H,(H,2,3). The Labute approximate surface area is 59.2 Å². The molecule has 0 aliphatic heterocycles. The van der Waals surface area contributed by atoms with Gasteiger partial charge >= 0.3 is 0 Å². The van der Waals surface area contributed by atoms with E-state index in [1.54, 1.807) is 12.4 Å². The van der Waals surface area contributed by atoms with Crippen LogP contribution in [-0.4, -0.2) is 15.6 Å². The molecule has 0 atom stereocenters. The summed E-state index contributed by atoms with van der Waals surface area (Å²) in [5.74, 6) is 0. The van der Waals surface area contributed by atoms with Crippen molar-refractivity contribution in [3.63, 3.8) is 0 Å². The van der Waals surface area contributed by atoms with Crippen LogP contribution in [0.4, 0.5) is 0 Å². The molecule has 0 amide bonds. The summed E-state index contributed by atoms with van der Waals surface area (Å²) in [6.07, 6.45) is 3.50. The molecule has 0 aromatic carbocycles. The van der Waals surface area contributed by atoms with Crippen molar-refractivity contribution in [2.45, 2.75) is 0 Å². The summed E-state index contributed by atoms with van der Waals surface area (Å²) < 4.78 is 0. The maximum atomic E-state index is 7.26. The van der Waals surface area contributed by atoms with E-state index in [0.717, 1.165) is 0 Å². The van der Waals surface area contributed by atoms with Gasteiger partial charge in [0.2, 0.25) is 0 Å². The van der Waals surface area contributed by atoms with Crippen molar-refractivity contribution in [2.24, 2.45) is 0 Å². The van der Waals surface area contributed by atoms with E-state index in [1.165, 1.54) is 0 Å². The molecule has 0 fully saturated rings. The molecule has 1 N–H and O–H groups in total. The van der Waals surface area contributed by atoms with Gasteiger partial charge in [0.25, 0.3) is 0 Å². The molecule has 1 rings (SSSR count). The molecule has 0 aliphatic rings. The van der Waals surface area contributed by atoms with Crippen LogP contribution >= 0.6 is 12.2 Å². The Morgan fingerprint density at radius 1 is 1.22 bits per heavy atom. The fraction of sp³-hybridized carbons (Fsp3) is 0. The van der Waals surface area contributed by atoms with Crippen LogP contribution in [0.1, 0.15) is 0 Å². The molecule has 1 aromatic heterocycles. The molecule has 0 bridgehead atoms. The number of hydrogen-bond donors (Lipinski definition) is 1. The zero-order valence-electron chi connectivity index (χ0n) is 4.77. The molecule has 0 saturated carbocycles. The van der Waals surface area contributed by atoms with Gasteiger partial charge in [0.05, 0.1) is 0 Å². The van der Waals surface area contributed by atoms with Crippen LogP contribution in [0.25, 0.3) is 0 Å². The molecule has 0 radical (unpaired) electrons. The first-order chi connectivity index (χ1) is 4.41. The first-order valence-electron chi connectivity index (χ1n) is 2.34. The quantitative estimate of drug-likeness (QED) is 0.557. The average molecular weight is 141 g/mol. The third-order valence-corrected chi connectivity index (χ3v) is 0.566. The minimum atomic E-state index is 0.583. The van der Waals surface area contributed by atoms with Crippen molar-refractivity contribution >= 4 is 17.8 Å². The second kappa shape index (κ2) is 7.04. The van der Waals surface area contributed by atoms with E-state index in [-0.39, 0.29) is 0 Å². The third-order valence-electron chi connectivity index (χ3n) is 0.566. The van der Waals surface area contributed by atoms with E-state index in [9.17, 15) is 0 Å². The first-order valence-corrected chi connectivity index (χ1v) is 2.82. The zero-order chi connectivity index (χ0) is 6.95. The lowest BCUT2D eigenvalue weighted by molar-refractivity contribution is 0.594. The van der Waals surface area contributed by atoms with E-state index >= 15 is 0 Å². The number of hydrogen-bond acceptors (Lipinski definition) is 2. The third kappa shape index (κ3) is 7.04. The average Bonchev–Trinajstić information content (AvgIpc) is 1.93. The number of nitrogens with zero attached hydrogens (tertiary/aromatic N) is 1.